The van der Waals surface area contributed by atoms with Gasteiger partial charge >= 0.3 is 0 Å². The Labute approximate surface area is 187 Å². The molecule has 3 aromatic rings. The van der Waals surface area contributed by atoms with Gasteiger partial charge in [-0.15, -0.1) is 0 Å². The summed E-state index contributed by atoms with van der Waals surface area (Å²) in [4.78, 5) is 18.6. The highest BCUT2D eigenvalue weighted by atomic mass is 15.3. The molecular weight excluding hydrogens is 400 g/mol. The Balaban J connectivity index is 1.47. The van der Waals surface area contributed by atoms with Crippen LogP contribution in [0.3, 0.4) is 0 Å². The van der Waals surface area contributed by atoms with Crippen LogP contribution in [-0.2, 0) is 0 Å². The van der Waals surface area contributed by atoms with Crippen LogP contribution in [0.1, 0.15) is 23.4 Å². The molecule has 5 rings (SSSR count). The molecule has 162 valence electrons. The van der Waals surface area contributed by atoms with Crippen LogP contribution in [-0.4, -0.2) is 64.5 Å². The normalized spacial score (nSPS) is 16.3. The highest BCUT2D eigenvalue weighted by Gasteiger charge is 2.18. The van der Waals surface area contributed by atoms with E-state index >= 15 is 0 Å². The van der Waals surface area contributed by atoms with Gasteiger partial charge in [-0.25, -0.2) is 15.0 Å². The number of fused-ring (bicyclic) bond motifs is 1. The smallest absolute Gasteiger partial charge is 0.182 e. The fraction of sp³-hybridized carbons (Fsp3) is 0.250. The number of allylic oxidation sites excluding steroid dienone is 1. The first-order valence-corrected chi connectivity index (χ1v) is 10.8. The Morgan fingerprint density at radius 3 is 2.72 bits per heavy atom. The number of hydrogen-bond donors (Lipinski definition) is 2. The van der Waals surface area contributed by atoms with E-state index in [1.54, 1.807) is 0 Å². The first-order valence-electron chi connectivity index (χ1n) is 10.8. The lowest BCUT2D eigenvalue weighted by Gasteiger charge is -2.33. The number of aliphatic imine (C=N–C) groups is 1. The van der Waals surface area contributed by atoms with Crippen molar-refractivity contribution in [2.24, 2.45) is 4.99 Å². The van der Waals surface area contributed by atoms with Crippen molar-refractivity contribution in [3.63, 3.8) is 0 Å². The van der Waals surface area contributed by atoms with Crippen molar-refractivity contribution in [1.29, 1.82) is 0 Å². The van der Waals surface area contributed by atoms with Gasteiger partial charge < -0.3 is 15.1 Å². The van der Waals surface area contributed by atoms with E-state index < -0.39 is 0 Å². The van der Waals surface area contributed by atoms with Gasteiger partial charge in [0.15, 0.2) is 11.6 Å². The molecule has 2 aliphatic rings. The molecule has 2 N–H and O–H groups in total. The Hall–Kier alpha value is -3.78. The molecule has 0 aliphatic carbocycles. The lowest BCUT2D eigenvalue weighted by Crippen LogP contribution is -2.44. The second kappa shape index (κ2) is 9.15. The Morgan fingerprint density at radius 1 is 1.03 bits per heavy atom. The van der Waals surface area contributed by atoms with E-state index in [0.29, 0.717) is 11.6 Å². The third kappa shape index (κ3) is 4.60. The number of aromatic amines is 1. The number of rotatable bonds is 5. The largest absolute Gasteiger partial charge is 0.354 e. The third-order valence-electron chi connectivity index (χ3n) is 5.56. The summed E-state index contributed by atoms with van der Waals surface area (Å²) in [5.41, 5.74) is 2.04. The molecule has 2 aliphatic heterocycles. The minimum absolute atomic E-state index is 0.659. The van der Waals surface area contributed by atoms with Gasteiger partial charge in [-0.05, 0) is 18.7 Å². The summed E-state index contributed by atoms with van der Waals surface area (Å²) in [7, 11) is 2.15. The quantitative estimate of drug-likeness (QED) is 0.642. The molecule has 4 heterocycles. The summed E-state index contributed by atoms with van der Waals surface area (Å²) >= 11 is 0. The molecule has 0 amide bonds. The first kappa shape index (κ1) is 20.1. The van der Waals surface area contributed by atoms with Crippen LogP contribution >= 0.6 is 0 Å². The molecule has 1 aromatic carbocycles. The van der Waals surface area contributed by atoms with Crippen LogP contribution in [0.25, 0.3) is 18.2 Å². The SMILES string of the molecule is CN1CCN(c2cc(Nc3[nH]nc4c3C=CCC=N4)nc(/C=C/c3ccccc3)n2)CC1. The fourth-order valence-electron chi connectivity index (χ4n) is 3.73. The summed E-state index contributed by atoms with van der Waals surface area (Å²) in [6.45, 7) is 3.90. The van der Waals surface area contributed by atoms with Gasteiger partial charge in [0.2, 0.25) is 0 Å². The van der Waals surface area contributed by atoms with Crippen molar-refractivity contribution in [2.75, 3.05) is 43.4 Å². The van der Waals surface area contributed by atoms with Crippen molar-refractivity contribution in [1.82, 2.24) is 25.1 Å². The van der Waals surface area contributed by atoms with Crippen molar-refractivity contribution in [2.45, 2.75) is 6.42 Å². The minimum Gasteiger partial charge on any atom is -0.354 e. The molecule has 32 heavy (non-hydrogen) atoms. The van der Waals surface area contributed by atoms with Gasteiger partial charge in [-0.3, -0.25) is 5.10 Å². The van der Waals surface area contributed by atoms with E-state index in [1.807, 2.05) is 48.7 Å². The number of hydrogen-bond acceptors (Lipinski definition) is 7. The molecule has 0 spiro atoms. The molecule has 0 radical (unpaired) electrons. The number of aromatic nitrogens is 4. The van der Waals surface area contributed by atoms with Crippen molar-refractivity contribution < 1.29 is 0 Å². The Morgan fingerprint density at radius 2 is 1.88 bits per heavy atom. The van der Waals surface area contributed by atoms with E-state index in [0.717, 1.165) is 61.2 Å². The van der Waals surface area contributed by atoms with E-state index in [2.05, 4.69) is 55.6 Å². The summed E-state index contributed by atoms with van der Waals surface area (Å²) in [5, 5.41) is 10.8. The average molecular weight is 427 g/mol. The molecule has 0 saturated carbocycles. The van der Waals surface area contributed by atoms with Crippen LogP contribution in [0.4, 0.5) is 23.3 Å². The molecule has 2 aromatic heterocycles. The topological polar surface area (TPSA) is 85.3 Å². The molecule has 0 atom stereocenters. The number of H-pyrrole nitrogens is 1. The molecule has 0 unspecified atom stereocenters. The van der Waals surface area contributed by atoms with E-state index in [4.69, 9.17) is 9.97 Å². The maximum atomic E-state index is 4.84. The zero-order chi connectivity index (χ0) is 21.8. The Kier molecular flexibility index (Phi) is 5.76. The summed E-state index contributed by atoms with van der Waals surface area (Å²) in [5.74, 6) is 3.75. The van der Waals surface area contributed by atoms with E-state index in [-0.39, 0.29) is 0 Å². The summed E-state index contributed by atoms with van der Waals surface area (Å²) in [6.07, 6.45) is 10.7. The van der Waals surface area contributed by atoms with Gasteiger partial charge in [0.1, 0.15) is 17.5 Å². The first-order chi connectivity index (χ1) is 15.7. The number of nitrogens with one attached hydrogen (secondary N) is 2. The van der Waals surface area contributed by atoms with Crippen LogP contribution in [0.2, 0.25) is 0 Å². The number of anilines is 3. The molecule has 8 nitrogen and oxygen atoms in total. The summed E-state index contributed by atoms with van der Waals surface area (Å²) in [6, 6.07) is 12.2. The average Bonchev–Trinajstić information content (AvgIpc) is 3.04. The zero-order valence-electron chi connectivity index (χ0n) is 18.1. The molecule has 0 bridgehead atoms. The molecule has 1 saturated heterocycles. The van der Waals surface area contributed by atoms with Crippen LogP contribution < -0.4 is 10.2 Å². The van der Waals surface area contributed by atoms with Gasteiger partial charge in [-0.2, -0.15) is 5.10 Å². The standard InChI is InChI=1S/C24H26N8/c1-31-13-15-32(16-14-31)22-17-21(26-20(27-22)11-10-18-7-3-2-4-8-18)28-24-19-9-5-6-12-25-23(19)29-30-24/h2-5,7-12,17H,6,13-16H2,1H3,(H2,26,27,28,29,30)/b11-10+. The molecule has 8 heteroatoms. The van der Waals surface area contributed by atoms with Crippen LogP contribution in [0.15, 0.2) is 47.5 Å². The van der Waals surface area contributed by atoms with E-state index in [9.17, 15) is 0 Å². The fourth-order valence-corrected chi connectivity index (χ4v) is 3.73. The van der Waals surface area contributed by atoms with Gasteiger partial charge in [0.05, 0.1) is 5.56 Å². The number of piperazine rings is 1. The number of nitrogens with zero attached hydrogens (tertiary/aromatic N) is 6. The summed E-state index contributed by atoms with van der Waals surface area (Å²) < 4.78 is 0. The van der Waals surface area contributed by atoms with E-state index in [1.165, 1.54) is 0 Å². The predicted molar refractivity (Wildman–Crippen MR) is 131 cm³/mol. The lowest BCUT2D eigenvalue weighted by atomic mass is 10.2. The lowest BCUT2D eigenvalue weighted by molar-refractivity contribution is 0.312. The number of likely N-dealkylation sites (N-methyl/N-ethyl adjacent to an activating group) is 1. The second-order valence-corrected chi connectivity index (χ2v) is 7.91. The Bertz CT molecular complexity index is 1150. The van der Waals surface area contributed by atoms with Gasteiger partial charge in [0, 0.05) is 44.9 Å². The monoisotopic (exact) mass is 426 g/mol. The highest BCUT2D eigenvalue weighted by Crippen LogP contribution is 2.29. The number of benzene rings is 1. The van der Waals surface area contributed by atoms with Crippen LogP contribution in [0.5, 0.6) is 0 Å². The maximum absolute atomic E-state index is 4.84. The van der Waals surface area contributed by atoms with Crippen molar-refractivity contribution in [3.8, 4) is 0 Å². The highest BCUT2D eigenvalue weighted by molar-refractivity contribution is 5.81. The predicted octanol–water partition coefficient (Wildman–Crippen LogP) is 3.98. The van der Waals surface area contributed by atoms with Crippen LogP contribution in [0, 0.1) is 0 Å². The second-order valence-electron chi connectivity index (χ2n) is 7.91. The van der Waals surface area contributed by atoms with Crippen molar-refractivity contribution >= 4 is 47.7 Å². The molecular formula is C24H26N8. The van der Waals surface area contributed by atoms with Gasteiger partial charge in [0.25, 0.3) is 0 Å². The van der Waals surface area contributed by atoms with Gasteiger partial charge in [-0.1, -0.05) is 48.6 Å². The van der Waals surface area contributed by atoms with Crippen molar-refractivity contribution in [3.05, 3.63) is 59.4 Å². The minimum atomic E-state index is 0.659. The maximum Gasteiger partial charge on any atom is 0.182 e. The zero-order valence-corrected chi connectivity index (χ0v) is 18.1. The third-order valence-corrected chi connectivity index (χ3v) is 5.56. The molecule has 1 fully saturated rings.